The van der Waals surface area contributed by atoms with Crippen LogP contribution in [0.1, 0.15) is 43.6 Å². The Labute approximate surface area is 166 Å². The number of rotatable bonds is 8. The lowest BCUT2D eigenvalue weighted by atomic mass is 10.1. The Balaban J connectivity index is 2.41. The fourth-order valence-corrected chi connectivity index (χ4v) is 2.60. The van der Waals surface area contributed by atoms with Gasteiger partial charge in [-0.1, -0.05) is 32.0 Å². The van der Waals surface area contributed by atoms with Crippen molar-refractivity contribution in [2.75, 3.05) is 23.8 Å². The molecule has 0 aromatic heterocycles. The molecule has 150 valence electrons. The summed E-state index contributed by atoms with van der Waals surface area (Å²) < 4.78 is 11.4. The third-order valence-corrected chi connectivity index (χ3v) is 4.10. The fourth-order valence-electron chi connectivity index (χ4n) is 2.60. The maximum Gasteiger partial charge on any atom is 0.256 e. The zero-order valence-electron chi connectivity index (χ0n) is 17.1. The van der Waals surface area contributed by atoms with Crippen LogP contribution >= 0.6 is 0 Å². The predicted molar refractivity (Wildman–Crippen MR) is 111 cm³/mol. The molecule has 6 nitrogen and oxygen atoms in total. The number of benzene rings is 2. The lowest BCUT2D eigenvalue weighted by molar-refractivity contribution is -0.118. The molecule has 0 heterocycles. The summed E-state index contributed by atoms with van der Waals surface area (Å²) in [4.78, 5) is 24.9. The molecule has 2 aromatic rings. The second-order valence-electron chi connectivity index (χ2n) is 6.62. The minimum Gasteiger partial charge on any atom is -0.492 e. The molecule has 2 N–H and O–H groups in total. The minimum atomic E-state index is -0.236. The average molecular weight is 384 g/mol. The first kappa shape index (κ1) is 21.3. The monoisotopic (exact) mass is 384 g/mol. The molecule has 0 aliphatic carbocycles. The van der Waals surface area contributed by atoms with E-state index in [1.54, 1.807) is 18.2 Å². The summed E-state index contributed by atoms with van der Waals surface area (Å²) in [6, 6.07) is 10.7. The van der Waals surface area contributed by atoms with Gasteiger partial charge in [-0.05, 0) is 32.4 Å². The van der Waals surface area contributed by atoms with Gasteiger partial charge in [0.1, 0.15) is 11.5 Å². The summed E-state index contributed by atoms with van der Waals surface area (Å²) in [5.41, 5.74) is 2.46. The van der Waals surface area contributed by atoms with Crippen molar-refractivity contribution in [3.8, 4) is 11.5 Å². The SMILES string of the molecule is CCOc1cc(NC(=O)C(C)C)c(OCC)cc1NC(=O)c1ccccc1C. The highest BCUT2D eigenvalue weighted by molar-refractivity contribution is 6.06. The molecule has 0 saturated heterocycles. The third-order valence-electron chi connectivity index (χ3n) is 4.10. The summed E-state index contributed by atoms with van der Waals surface area (Å²) >= 11 is 0. The van der Waals surface area contributed by atoms with Crippen LogP contribution in [0.4, 0.5) is 11.4 Å². The summed E-state index contributed by atoms with van der Waals surface area (Å²) in [5, 5.41) is 5.76. The number of ether oxygens (including phenoxy) is 2. The predicted octanol–water partition coefficient (Wildman–Crippen LogP) is 4.64. The second-order valence-corrected chi connectivity index (χ2v) is 6.62. The van der Waals surface area contributed by atoms with Crippen LogP contribution in [0.5, 0.6) is 11.5 Å². The van der Waals surface area contributed by atoms with Crippen molar-refractivity contribution >= 4 is 23.2 Å². The third kappa shape index (κ3) is 5.25. The Bertz CT molecular complexity index is 846. The number of hydrogen-bond donors (Lipinski definition) is 2. The van der Waals surface area contributed by atoms with Crippen LogP contribution in [0.25, 0.3) is 0 Å². The Morgan fingerprint density at radius 1 is 0.929 bits per heavy atom. The first-order valence-corrected chi connectivity index (χ1v) is 9.48. The zero-order valence-corrected chi connectivity index (χ0v) is 17.1. The maximum atomic E-state index is 12.7. The van der Waals surface area contributed by atoms with Gasteiger partial charge in [0.15, 0.2) is 0 Å². The molecular formula is C22H28N2O4. The normalized spacial score (nSPS) is 10.5. The Morgan fingerprint density at radius 3 is 1.96 bits per heavy atom. The molecule has 2 aromatic carbocycles. The fraction of sp³-hybridized carbons (Fsp3) is 0.364. The number of anilines is 2. The first-order chi connectivity index (χ1) is 13.4. The minimum absolute atomic E-state index is 0.125. The van der Waals surface area contributed by atoms with Crippen molar-refractivity contribution in [1.29, 1.82) is 0 Å². The van der Waals surface area contributed by atoms with Gasteiger partial charge in [-0.15, -0.1) is 0 Å². The van der Waals surface area contributed by atoms with Crippen molar-refractivity contribution in [3.05, 3.63) is 47.5 Å². The number of aryl methyl sites for hydroxylation is 1. The van der Waals surface area contributed by atoms with Gasteiger partial charge in [-0.2, -0.15) is 0 Å². The van der Waals surface area contributed by atoms with Crippen molar-refractivity contribution in [2.45, 2.75) is 34.6 Å². The van der Waals surface area contributed by atoms with Gasteiger partial charge in [-0.25, -0.2) is 0 Å². The van der Waals surface area contributed by atoms with Crippen LogP contribution in [0.15, 0.2) is 36.4 Å². The van der Waals surface area contributed by atoms with E-state index in [0.29, 0.717) is 41.7 Å². The molecule has 0 fully saturated rings. The van der Waals surface area contributed by atoms with Gasteiger partial charge < -0.3 is 20.1 Å². The average Bonchev–Trinajstić information content (AvgIpc) is 2.65. The smallest absolute Gasteiger partial charge is 0.256 e. The van der Waals surface area contributed by atoms with Crippen LogP contribution in [-0.4, -0.2) is 25.0 Å². The highest BCUT2D eigenvalue weighted by atomic mass is 16.5. The van der Waals surface area contributed by atoms with Crippen LogP contribution in [0, 0.1) is 12.8 Å². The van der Waals surface area contributed by atoms with Gasteiger partial charge in [0, 0.05) is 23.6 Å². The molecule has 0 radical (unpaired) electrons. The van der Waals surface area contributed by atoms with E-state index in [2.05, 4.69) is 10.6 Å². The molecule has 2 amide bonds. The van der Waals surface area contributed by atoms with Crippen molar-refractivity contribution in [2.24, 2.45) is 5.92 Å². The van der Waals surface area contributed by atoms with Crippen LogP contribution < -0.4 is 20.1 Å². The Hall–Kier alpha value is -3.02. The molecular weight excluding hydrogens is 356 g/mol. The van der Waals surface area contributed by atoms with Gasteiger partial charge in [0.25, 0.3) is 5.91 Å². The van der Waals surface area contributed by atoms with E-state index in [1.807, 2.05) is 52.8 Å². The quantitative estimate of drug-likeness (QED) is 0.695. The number of carbonyl (C=O) groups is 2. The van der Waals surface area contributed by atoms with Gasteiger partial charge >= 0.3 is 0 Å². The highest BCUT2D eigenvalue weighted by Crippen LogP contribution is 2.37. The zero-order chi connectivity index (χ0) is 20.7. The molecule has 0 aliphatic rings. The lowest BCUT2D eigenvalue weighted by Crippen LogP contribution is -2.19. The number of amides is 2. The highest BCUT2D eigenvalue weighted by Gasteiger charge is 2.18. The topological polar surface area (TPSA) is 76.7 Å². The van der Waals surface area contributed by atoms with Crippen LogP contribution in [-0.2, 0) is 4.79 Å². The molecule has 0 saturated carbocycles. The number of hydrogen-bond acceptors (Lipinski definition) is 4. The van der Waals surface area contributed by atoms with E-state index < -0.39 is 0 Å². The Morgan fingerprint density at radius 2 is 1.46 bits per heavy atom. The lowest BCUT2D eigenvalue weighted by Gasteiger charge is -2.18. The van der Waals surface area contributed by atoms with E-state index >= 15 is 0 Å². The molecule has 0 atom stereocenters. The van der Waals surface area contributed by atoms with Gasteiger partial charge in [0.2, 0.25) is 5.91 Å². The maximum absolute atomic E-state index is 12.7. The van der Waals surface area contributed by atoms with Crippen molar-refractivity contribution in [3.63, 3.8) is 0 Å². The van der Waals surface area contributed by atoms with E-state index in [-0.39, 0.29) is 17.7 Å². The van der Waals surface area contributed by atoms with E-state index in [9.17, 15) is 9.59 Å². The molecule has 0 aliphatic heterocycles. The molecule has 0 unspecified atom stereocenters. The molecule has 28 heavy (non-hydrogen) atoms. The van der Waals surface area contributed by atoms with Crippen LogP contribution in [0.3, 0.4) is 0 Å². The molecule has 0 spiro atoms. The van der Waals surface area contributed by atoms with Crippen molar-refractivity contribution < 1.29 is 19.1 Å². The number of nitrogens with one attached hydrogen (secondary N) is 2. The first-order valence-electron chi connectivity index (χ1n) is 9.48. The van der Waals surface area contributed by atoms with E-state index in [0.717, 1.165) is 5.56 Å². The van der Waals surface area contributed by atoms with Crippen molar-refractivity contribution in [1.82, 2.24) is 0 Å². The molecule has 2 rings (SSSR count). The largest absolute Gasteiger partial charge is 0.492 e. The Kier molecular flexibility index (Phi) is 7.44. The number of carbonyl (C=O) groups excluding carboxylic acids is 2. The summed E-state index contributed by atoms with van der Waals surface area (Å²) in [6.45, 7) is 10.1. The summed E-state index contributed by atoms with van der Waals surface area (Å²) in [5.74, 6) is 0.401. The standard InChI is InChI=1S/C22H28N2O4/c1-6-27-19-13-18(24-22(26)16-11-9-8-10-15(16)5)20(28-7-2)12-17(19)23-21(25)14(3)4/h8-14H,6-7H2,1-5H3,(H,23,25)(H,24,26). The molecule has 6 heteroatoms. The summed E-state index contributed by atoms with van der Waals surface area (Å²) in [6.07, 6.45) is 0. The second kappa shape index (κ2) is 9.78. The molecule has 0 bridgehead atoms. The van der Waals surface area contributed by atoms with E-state index in [1.165, 1.54) is 0 Å². The van der Waals surface area contributed by atoms with E-state index in [4.69, 9.17) is 9.47 Å². The van der Waals surface area contributed by atoms with Gasteiger partial charge in [-0.3, -0.25) is 9.59 Å². The van der Waals surface area contributed by atoms with Crippen LogP contribution in [0.2, 0.25) is 0 Å². The van der Waals surface area contributed by atoms with Gasteiger partial charge in [0.05, 0.1) is 24.6 Å². The summed E-state index contributed by atoms with van der Waals surface area (Å²) in [7, 11) is 0.